The Bertz CT molecular complexity index is 474. The SMILES string of the molecule is COC(=O)C(CSc1cc(C)ccc1C)NC(C)=O. The first-order valence-corrected chi connectivity index (χ1v) is 6.97. The number of hydrogen-bond donors (Lipinski definition) is 1. The third-order valence-electron chi connectivity index (χ3n) is 2.61. The normalized spacial score (nSPS) is 11.8. The number of amides is 1. The van der Waals surface area contributed by atoms with Gasteiger partial charge in [0.25, 0.3) is 0 Å². The van der Waals surface area contributed by atoms with E-state index in [1.165, 1.54) is 31.4 Å². The summed E-state index contributed by atoms with van der Waals surface area (Å²) in [6, 6.07) is 5.54. The minimum absolute atomic E-state index is 0.239. The van der Waals surface area contributed by atoms with Crippen LogP contribution in [0.15, 0.2) is 23.1 Å². The van der Waals surface area contributed by atoms with E-state index >= 15 is 0 Å². The van der Waals surface area contributed by atoms with Gasteiger partial charge < -0.3 is 10.1 Å². The maximum atomic E-state index is 11.6. The van der Waals surface area contributed by atoms with Crippen LogP contribution >= 0.6 is 11.8 Å². The number of carbonyl (C=O) groups excluding carboxylic acids is 2. The minimum Gasteiger partial charge on any atom is -0.467 e. The molecule has 1 amide bonds. The molecule has 1 rings (SSSR count). The summed E-state index contributed by atoms with van der Waals surface area (Å²) in [7, 11) is 1.32. The van der Waals surface area contributed by atoms with Gasteiger partial charge in [0.05, 0.1) is 7.11 Å². The van der Waals surface area contributed by atoms with E-state index in [1.807, 2.05) is 26.0 Å². The number of thioether (sulfide) groups is 1. The predicted octanol–water partition coefficient (Wildman–Crippen LogP) is 2.07. The highest BCUT2D eigenvalue weighted by atomic mass is 32.2. The Morgan fingerprint density at radius 1 is 1.37 bits per heavy atom. The Morgan fingerprint density at radius 3 is 2.63 bits per heavy atom. The lowest BCUT2D eigenvalue weighted by Crippen LogP contribution is -2.42. The van der Waals surface area contributed by atoms with Crippen molar-refractivity contribution in [3.05, 3.63) is 29.3 Å². The summed E-state index contributed by atoms with van der Waals surface area (Å²) < 4.78 is 4.69. The summed E-state index contributed by atoms with van der Waals surface area (Å²) in [5.41, 5.74) is 2.32. The van der Waals surface area contributed by atoms with E-state index in [2.05, 4.69) is 16.1 Å². The van der Waals surface area contributed by atoms with E-state index < -0.39 is 12.0 Å². The van der Waals surface area contributed by atoms with E-state index in [-0.39, 0.29) is 5.91 Å². The minimum atomic E-state index is -0.618. The second-order valence-electron chi connectivity index (χ2n) is 4.36. The second kappa shape index (κ2) is 7.19. The van der Waals surface area contributed by atoms with Gasteiger partial charge in [0.1, 0.15) is 6.04 Å². The van der Waals surface area contributed by atoms with Gasteiger partial charge in [-0.1, -0.05) is 17.7 Å². The average Bonchev–Trinajstić information content (AvgIpc) is 2.36. The van der Waals surface area contributed by atoms with Gasteiger partial charge >= 0.3 is 5.97 Å². The molecule has 0 fully saturated rings. The molecule has 0 saturated heterocycles. The molecule has 104 valence electrons. The number of esters is 1. The van der Waals surface area contributed by atoms with Crippen LogP contribution in [0.2, 0.25) is 0 Å². The molecule has 0 spiro atoms. The molecular formula is C14H19NO3S. The van der Waals surface area contributed by atoms with Gasteiger partial charge in [-0.2, -0.15) is 0 Å². The molecule has 1 aromatic rings. The summed E-state index contributed by atoms with van der Waals surface area (Å²) in [6.45, 7) is 5.43. The standard InChI is InChI=1S/C14H19NO3S/c1-9-5-6-10(2)13(7-9)19-8-12(14(17)18-4)15-11(3)16/h5-7,12H,8H2,1-4H3,(H,15,16). The van der Waals surface area contributed by atoms with E-state index in [4.69, 9.17) is 0 Å². The Hall–Kier alpha value is -1.49. The smallest absolute Gasteiger partial charge is 0.329 e. The van der Waals surface area contributed by atoms with Crippen molar-refractivity contribution in [1.29, 1.82) is 0 Å². The average molecular weight is 281 g/mol. The fourth-order valence-corrected chi connectivity index (χ4v) is 2.72. The molecule has 0 aliphatic heterocycles. The van der Waals surface area contributed by atoms with Crippen molar-refractivity contribution < 1.29 is 14.3 Å². The highest BCUT2D eigenvalue weighted by Gasteiger charge is 2.20. The molecule has 0 aromatic heterocycles. The second-order valence-corrected chi connectivity index (χ2v) is 5.42. The molecule has 1 atom stereocenters. The summed E-state index contributed by atoms with van der Waals surface area (Å²) in [5, 5.41) is 2.60. The lowest BCUT2D eigenvalue weighted by molar-refractivity contribution is -0.144. The zero-order chi connectivity index (χ0) is 14.4. The lowest BCUT2D eigenvalue weighted by atomic mass is 10.2. The zero-order valence-corrected chi connectivity index (χ0v) is 12.5. The first-order valence-electron chi connectivity index (χ1n) is 5.99. The van der Waals surface area contributed by atoms with Crippen LogP contribution in [0.25, 0.3) is 0 Å². The predicted molar refractivity (Wildman–Crippen MR) is 76.3 cm³/mol. The molecule has 0 saturated carbocycles. The van der Waals surface area contributed by atoms with Crippen molar-refractivity contribution in [2.45, 2.75) is 31.7 Å². The monoisotopic (exact) mass is 281 g/mol. The summed E-state index contributed by atoms with van der Waals surface area (Å²) in [5.74, 6) is -0.207. The van der Waals surface area contributed by atoms with Crippen molar-refractivity contribution in [3.8, 4) is 0 Å². The van der Waals surface area contributed by atoms with Gasteiger partial charge in [0.15, 0.2) is 0 Å². The topological polar surface area (TPSA) is 55.4 Å². The van der Waals surface area contributed by atoms with Crippen LogP contribution in [0.3, 0.4) is 0 Å². The molecule has 0 radical (unpaired) electrons. The molecular weight excluding hydrogens is 262 g/mol. The molecule has 0 bridgehead atoms. The van der Waals surface area contributed by atoms with Gasteiger partial charge in [0, 0.05) is 17.6 Å². The van der Waals surface area contributed by atoms with Crippen molar-refractivity contribution in [2.75, 3.05) is 12.9 Å². The van der Waals surface area contributed by atoms with Crippen LogP contribution in [-0.2, 0) is 14.3 Å². The summed E-state index contributed by atoms with van der Waals surface area (Å²) in [4.78, 5) is 23.8. The first-order chi connectivity index (χ1) is 8.93. The summed E-state index contributed by atoms with van der Waals surface area (Å²) in [6.07, 6.45) is 0. The molecule has 0 heterocycles. The summed E-state index contributed by atoms with van der Waals surface area (Å²) >= 11 is 1.54. The number of benzene rings is 1. The molecule has 19 heavy (non-hydrogen) atoms. The van der Waals surface area contributed by atoms with Crippen LogP contribution in [0.4, 0.5) is 0 Å². The molecule has 5 heteroatoms. The molecule has 0 aliphatic rings. The Labute approximate surface area is 117 Å². The van der Waals surface area contributed by atoms with Gasteiger partial charge in [-0.3, -0.25) is 4.79 Å². The van der Waals surface area contributed by atoms with Crippen molar-refractivity contribution in [1.82, 2.24) is 5.32 Å². The van der Waals surface area contributed by atoms with Crippen LogP contribution in [0.1, 0.15) is 18.1 Å². The quantitative estimate of drug-likeness (QED) is 0.663. The fraction of sp³-hybridized carbons (Fsp3) is 0.429. The number of hydrogen-bond acceptors (Lipinski definition) is 4. The van der Waals surface area contributed by atoms with Crippen LogP contribution in [-0.4, -0.2) is 30.8 Å². The molecule has 1 N–H and O–H groups in total. The third-order valence-corrected chi connectivity index (χ3v) is 3.86. The lowest BCUT2D eigenvalue weighted by Gasteiger charge is -2.15. The number of ether oxygens (including phenoxy) is 1. The highest BCUT2D eigenvalue weighted by Crippen LogP contribution is 2.24. The molecule has 1 aromatic carbocycles. The Morgan fingerprint density at radius 2 is 2.05 bits per heavy atom. The van der Waals surface area contributed by atoms with Crippen molar-refractivity contribution >= 4 is 23.6 Å². The van der Waals surface area contributed by atoms with Gasteiger partial charge in [-0.05, 0) is 25.5 Å². The van der Waals surface area contributed by atoms with E-state index in [0.29, 0.717) is 5.75 Å². The van der Waals surface area contributed by atoms with Gasteiger partial charge in [-0.15, -0.1) is 11.8 Å². The first kappa shape index (κ1) is 15.6. The number of methoxy groups -OCH3 is 1. The maximum Gasteiger partial charge on any atom is 0.329 e. The van der Waals surface area contributed by atoms with E-state index in [0.717, 1.165) is 10.5 Å². The highest BCUT2D eigenvalue weighted by molar-refractivity contribution is 7.99. The van der Waals surface area contributed by atoms with E-state index in [1.54, 1.807) is 0 Å². The van der Waals surface area contributed by atoms with Crippen molar-refractivity contribution in [3.63, 3.8) is 0 Å². The molecule has 4 nitrogen and oxygen atoms in total. The molecule has 1 unspecified atom stereocenters. The molecule has 0 aliphatic carbocycles. The largest absolute Gasteiger partial charge is 0.467 e. The Balaban J connectivity index is 2.72. The van der Waals surface area contributed by atoms with Gasteiger partial charge in [0.2, 0.25) is 5.91 Å². The number of nitrogens with one attached hydrogen (secondary N) is 1. The third kappa shape index (κ3) is 4.95. The fourth-order valence-electron chi connectivity index (χ4n) is 1.59. The van der Waals surface area contributed by atoms with E-state index in [9.17, 15) is 9.59 Å². The van der Waals surface area contributed by atoms with Crippen LogP contribution in [0.5, 0.6) is 0 Å². The van der Waals surface area contributed by atoms with Crippen LogP contribution in [0, 0.1) is 13.8 Å². The Kier molecular flexibility index (Phi) is 5.89. The van der Waals surface area contributed by atoms with Crippen molar-refractivity contribution in [2.24, 2.45) is 0 Å². The maximum absolute atomic E-state index is 11.6. The zero-order valence-electron chi connectivity index (χ0n) is 11.6. The number of carbonyl (C=O) groups is 2. The van der Waals surface area contributed by atoms with Crippen LogP contribution < -0.4 is 5.32 Å². The number of aryl methyl sites for hydroxylation is 2. The van der Waals surface area contributed by atoms with Gasteiger partial charge in [-0.25, -0.2) is 4.79 Å². The number of rotatable bonds is 5.